The standard InChI is InChI=1S/C24H32N4O6S2/c1-35(30,31)28(21-7-9-22(10-8-21)36(32,33)27-15-17-34-18-16-27)19-24(29)25-12-4-13-26-14-11-20-5-2-3-6-23(20)26/h2-3,5-10H,4,11-19H2,1H3,(H,25,29). The van der Waals surface area contributed by atoms with Crippen LogP contribution in [0.3, 0.4) is 0 Å². The van der Waals surface area contributed by atoms with Crippen molar-refractivity contribution in [1.29, 1.82) is 0 Å². The fourth-order valence-electron chi connectivity index (χ4n) is 4.44. The zero-order valence-electron chi connectivity index (χ0n) is 20.3. The Morgan fingerprint density at radius 1 is 1.00 bits per heavy atom. The molecular formula is C24H32N4O6S2. The van der Waals surface area contributed by atoms with E-state index in [1.54, 1.807) is 0 Å². The second kappa shape index (κ2) is 11.2. The van der Waals surface area contributed by atoms with E-state index in [2.05, 4.69) is 22.3 Å². The maximum atomic E-state index is 12.8. The number of ether oxygens (including phenoxy) is 1. The molecule has 1 saturated heterocycles. The van der Waals surface area contributed by atoms with Gasteiger partial charge in [0.05, 0.1) is 30.1 Å². The topological polar surface area (TPSA) is 116 Å². The number of benzene rings is 2. The molecule has 2 aliphatic heterocycles. The average Bonchev–Trinajstić information content (AvgIpc) is 3.28. The second-order valence-electron chi connectivity index (χ2n) is 8.85. The molecule has 196 valence electrons. The lowest BCUT2D eigenvalue weighted by molar-refractivity contribution is -0.119. The largest absolute Gasteiger partial charge is 0.379 e. The monoisotopic (exact) mass is 536 g/mol. The summed E-state index contributed by atoms with van der Waals surface area (Å²) in [5, 5.41) is 2.80. The van der Waals surface area contributed by atoms with Crippen LogP contribution in [0.2, 0.25) is 0 Å². The molecule has 0 radical (unpaired) electrons. The van der Waals surface area contributed by atoms with Gasteiger partial charge in [0.1, 0.15) is 6.54 Å². The molecule has 4 rings (SSSR count). The smallest absolute Gasteiger partial charge is 0.243 e. The van der Waals surface area contributed by atoms with E-state index in [0.717, 1.165) is 36.5 Å². The molecule has 12 heteroatoms. The van der Waals surface area contributed by atoms with Gasteiger partial charge in [0.2, 0.25) is 26.0 Å². The van der Waals surface area contributed by atoms with Crippen molar-refractivity contribution in [2.24, 2.45) is 0 Å². The summed E-state index contributed by atoms with van der Waals surface area (Å²) < 4.78 is 58.0. The highest BCUT2D eigenvalue weighted by molar-refractivity contribution is 7.92. The van der Waals surface area contributed by atoms with Crippen LogP contribution in [0.5, 0.6) is 0 Å². The summed E-state index contributed by atoms with van der Waals surface area (Å²) in [7, 11) is -7.47. The summed E-state index contributed by atoms with van der Waals surface area (Å²) in [5.74, 6) is -0.424. The molecule has 0 bridgehead atoms. The molecule has 1 N–H and O–H groups in total. The third-order valence-corrected chi connectivity index (χ3v) is 9.38. The minimum absolute atomic E-state index is 0.0644. The minimum Gasteiger partial charge on any atom is -0.379 e. The minimum atomic E-state index is -3.77. The second-order valence-corrected chi connectivity index (χ2v) is 12.7. The van der Waals surface area contributed by atoms with Gasteiger partial charge in [-0.25, -0.2) is 16.8 Å². The molecule has 2 heterocycles. The Morgan fingerprint density at radius 3 is 2.39 bits per heavy atom. The Morgan fingerprint density at radius 2 is 1.69 bits per heavy atom. The number of amides is 1. The number of carbonyl (C=O) groups is 1. The third-order valence-electron chi connectivity index (χ3n) is 6.33. The Labute approximate surface area is 212 Å². The van der Waals surface area contributed by atoms with E-state index in [1.807, 2.05) is 12.1 Å². The molecule has 2 aromatic rings. The number of fused-ring (bicyclic) bond motifs is 1. The summed E-state index contributed by atoms with van der Waals surface area (Å²) in [6.45, 7) is 2.98. The molecule has 0 spiro atoms. The van der Waals surface area contributed by atoms with Crippen molar-refractivity contribution in [3.8, 4) is 0 Å². The highest BCUT2D eigenvalue weighted by Crippen LogP contribution is 2.27. The van der Waals surface area contributed by atoms with Crippen molar-refractivity contribution in [3.63, 3.8) is 0 Å². The van der Waals surface area contributed by atoms with E-state index in [4.69, 9.17) is 4.74 Å². The van der Waals surface area contributed by atoms with Gasteiger partial charge in [-0.2, -0.15) is 4.31 Å². The zero-order valence-corrected chi connectivity index (χ0v) is 21.9. The molecule has 2 aliphatic rings. The van der Waals surface area contributed by atoms with Crippen molar-refractivity contribution in [2.75, 3.05) is 67.9 Å². The first-order valence-corrected chi connectivity index (χ1v) is 15.2. The summed E-state index contributed by atoms with van der Waals surface area (Å²) in [6, 6.07) is 13.8. The predicted molar refractivity (Wildman–Crippen MR) is 138 cm³/mol. The fraction of sp³-hybridized carbons (Fsp3) is 0.458. The molecule has 0 saturated carbocycles. The van der Waals surface area contributed by atoms with Gasteiger partial charge < -0.3 is 15.0 Å². The number of nitrogens with one attached hydrogen (secondary N) is 1. The lowest BCUT2D eigenvalue weighted by atomic mass is 10.2. The van der Waals surface area contributed by atoms with Crippen LogP contribution in [0.15, 0.2) is 53.4 Å². The Hall–Kier alpha value is -2.67. The molecule has 1 fully saturated rings. The third kappa shape index (κ3) is 6.17. The number of hydrogen-bond acceptors (Lipinski definition) is 7. The fourth-order valence-corrected chi connectivity index (χ4v) is 6.71. The molecule has 10 nitrogen and oxygen atoms in total. The van der Waals surface area contributed by atoms with Crippen LogP contribution in [0.1, 0.15) is 12.0 Å². The maximum absolute atomic E-state index is 12.8. The van der Waals surface area contributed by atoms with Gasteiger partial charge in [-0.15, -0.1) is 0 Å². The lowest BCUT2D eigenvalue weighted by Crippen LogP contribution is -2.41. The highest BCUT2D eigenvalue weighted by Gasteiger charge is 2.27. The molecule has 0 aliphatic carbocycles. The number of sulfonamides is 2. The van der Waals surface area contributed by atoms with Gasteiger partial charge >= 0.3 is 0 Å². The molecule has 0 atom stereocenters. The number of nitrogens with zero attached hydrogens (tertiary/aromatic N) is 3. The van der Waals surface area contributed by atoms with Crippen LogP contribution < -0.4 is 14.5 Å². The van der Waals surface area contributed by atoms with Crippen molar-refractivity contribution < 1.29 is 26.4 Å². The van der Waals surface area contributed by atoms with Gasteiger partial charge in [-0.05, 0) is 48.7 Å². The van der Waals surface area contributed by atoms with Crippen molar-refractivity contribution in [3.05, 3.63) is 54.1 Å². The van der Waals surface area contributed by atoms with Crippen molar-refractivity contribution in [1.82, 2.24) is 9.62 Å². The summed E-state index contributed by atoms with van der Waals surface area (Å²) in [4.78, 5) is 14.9. The van der Waals surface area contributed by atoms with Crippen LogP contribution in [0.4, 0.5) is 11.4 Å². The number of anilines is 2. The van der Waals surface area contributed by atoms with Gasteiger partial charge in [0.25, 0.3) is 0 Å². The molecular weight excluding hydrogens is 504 g/mol. The van der Waals surface area contributed by atoms with E-state index in [-0.39, 0.29) is 30.2 Å². The quantitative estimate of drug-likeness (QED) is 0.451. The number of para-hydroxylation sites is 1. The summed E-state index contributed by atoms with van der Waals surface area (Å²) in [6.07, 6.45) is 2.76. The van der Waals surface area contributed by atoms with E-state index in [0.29, 0.717) is 19.8 Å². The van der Waals surface area contributed by atoms with Crippen LogP contribution in [-0.2, 0) is 36.0 Å². The maximum Gasteiger partial charge on any atom is 0.243 e. The number of carbonyl (C=O) groups excluding carboxylic acids is 1. The SMILES string of the molecule is CS(=O)(=O)N(CC(=O)NCCCN1CCc2ccccc21)c1ccc(S(=O)(=O)N2CCOCC2)cc1. The molecule has 0 aromatic heterocycles. The zero-order chi connectivity index (χ0) is 25.8. The summed E-state index contributed by atoms with van der Waals surface area (Å²) in [5.41, 5.74) is 2.78. The summed E-state index contributed by atoms with van der Waals surface area (Å²) >= 11 is 0. The number of morpholine rings is 1. The number of hydrogen-bond donors (Lipinski definition) is 1. The van der Waals surface area contributed by atoms with Gasteiger partial charge in [0, 0.05) is 38.4 Å². The van der Waals surface area contributed by atoms with Crippen molar-refractivity contribution in [2.45, 2.75) is 17.7 Å². The molecule has 1 amide bonds. The lowest BCUT2D eigenvalue weighted by Gasteiger charge is -2.26. The van der Waals surface area contributed by atoms with E-state index >= 15 is 0 Å². The van der Waals surface area contributed by atoms with Gasteiger partial charge in [0.15, 0.2) is 0 Å². The predicted octanol–water partition coefficient (Wildman–Crippen LogP) is 1.04. The number of rotatable bonds is 10. The van der Waals surface area contributed by atoms with Crippen LogP contribution in [0, 0.1) is 0 Å². The van der Waals surface area contributed by atoms with Crippen LogP contribution in [-0.4, -0.2) is 85.8 Å². The molecule has 36 heavy (non-hydrogen) atoms. The Balaban J connectivity index is 1.33. The molecule has 0 unspecified atom stereocenters. The van der Waals surface area contributed by atoms with Crippen molar-refractivity contribution >= 4 is 37.3 Å². The average molecular weight is 537 g/mol. The normalized spacial score (nSPS) is 16.5. The first-order chi connectivity index (χ1) is 17.2. The van der Waals surface area contributed by atoms with E-state index in [1.165, 1.54) is 39.8 Å². The first kappa shape index (κ1) is 26.4. The Bertz CT molecular complexity index is 1280. The van der Waals surface area contributed by atoms with Gasteiger partial charge in [-0.3, -0.25) is 9.10 Å². The van der Waals surface area contributed by atoms with Crippen LogP contribution >= 0.6 is 0 Å². The first-order valence-electron chi connectivity index (χ1n) is 11.9. The molecule has 2 aromatic carbocycles. The van der Waals surface area contributed by atoms with E-state index < -0.39 is 26.0 Å². The Kier molecular flexibility index (Phi) is 8.18. The highest BCUT2D eigenvalue weighted by atomic mass is 32.2. The van der Waals surface area contributed by atoms with E-state index in [9.17, 15) is 21.6 Å². The van der Waals surface area contributed by atoms with Gasteiger partial charge in [-0.1, -0.05) is 18.2 Å². The van der Waals surface area contributed by atoms with Crippen LogP contribution in [0.25, 0.3) is 0 Å².